The molecule has 0 radical (unpaired) electrons. The van der Waals surface area contributed by atoms with Gasteiger partial charge >= 0.3 is 12.1 Å². The van der Waals surface area contributed by atoms with Gasteiger partial charge in [0, 0.05) is 25.2 Å². The van der Waals surface area contributed by atoms with E-state index in [9.17, 15) is 14.7 Å². The van der Waals surface area contributed by atoms with Crippen molar-refractivity contribution in [3.63, 3.8) is 0 Å². The second-order valence-electron chi connectivity index (χ2n) is 7.03. The van der Waals surface area contributed by atoms with Crippen LogP contribution in [0.5, 0.6) is 5.75 Å². The van der Waals surface area contributed by atoms with Crippen molar-refractivity contribution in [3.05, 3.63) is 23.3 Å². The van der Waals surface area contributed by atoms with Gasteiger partial charge in [-0.3, -0.25) is 10.2 Å². The van der Waals surface area contributed by atoms with Crippen LogP contribution < -0.4 is 10.1 Å². The van der Waals surface area contributed by atoms with E-state index in [2.05, 4.69) is 10.2 Å². The van der Waals surface area contributed by atoms with Crippen LogP contribution >= 0.6 is 0 Å². The number of nitrogens with zero attached hydrogens (tertiary/aromatic N) is 1. The molecule has 0 aromatic heterocycles. The van der Waals surface area contributed by atoms with Crippen molar-refractivity contribution in [3.8, 4) is 5.75 Å². The molecule has 1 aromatic rings. The molecular formula is C18H26N2O6. The van der Waals surface area contributed by atoms with Crippen molar-refractivity contribution in [2.45, 2.75) is 32.9 Å². The minimum atomic E-state index is -1.16. The largest absolute Gasteiger partial charge is 0.496 e. The van der Waals surface area contributed by atoms with Crippen LogP contribution in [-0.4, -0.2) is 61.1 Å². The minimum absolute atomic E-state index is 0.0570. The molecule has 0 bridgehead atoms. The smallest absolute Gasteiger partial charge is 0.412 e. The van der Waals surface area contributed by atoms with Crippen molar-refractivity contribution < 1.29 is 28.9 Å². The Hall–Kier alpha value is -2.32. The van der Waals surface area contributed by atoms with Crippen LogP contribution in [0.1, 0.15) is 36.7 Å². The standard InChI is InChI=1S/C18H26N2O6/c1-18(2,3)26-17(23)19-14-9-12(11-20-5-7-25-8-6-20)15(24-4)10-13(14)16(21)22/h9-10H,5-8,11H2,1-4H3,(H,19,23)(H,21,22). The molecule has 0 atom stereocenters. The summed E-state index contributed by atoms with van der Waals surface area (Å²) in [5, 5.41) is 12.0. The van der Waals surface area contributed by atoms with Crippen molar-refractivity contribution in [1.29, 1.82) is 0 Å². The van der Waals surface area contributed by atoms with Crippen molar-refractivity contribution in [2.75, 3.05) is 38.7 Å². The number of rotatable bonds is 5. The Balaban J connectivity index is 2.30. The molecule has 1 aromatic carbocycles. The van der Waals surface area contributed by atoms with E-state index in [1.54, 1.807) is 26.8 Å². The van der Waals surface area contributed by atoms with E-state index in [4.69, 9.17) is 14.2 Å². The Morgan fingerprint density at radius 2 is 1.92 bits per heavy atom. The average molecular weight is 366 g/mol. The summed E-state index contributed by atoms with van der Waals surface area (Å²) in [5.74, 6) is -0.698. The van der Waals surface area contributed by atoms with Gasteiger partial charge in [-0.2, -0.15) is 0 Å². The van der Waals surface area contributed by atoms with Crippen LogP contribution in [0.2, 0.25) is 0 Å². The first-order valence-electron chi connectivity index (χ1n) is 8.44. The first-order valence-corrected chi connectivity index (χ1v) is 8.44. The molecule has 26 heavy (non-hydrogen) atoms. The van der Waals surface area contributed by atoms with E-state index < -0.39 is 17.7 Å². The van der Waals surface area contributed by atoms with E-state index in [1.807, 2.05) is 0 Å². The number of amides is 1. The van der Waals surface area contributed by atoms with Gasteiger partial charge in [0.15, 0.2) is 0 Å². The maximum absolute atomic E-state index is 12.1. The van der Waals surface area contributed by atoms with Gasteiger partial charge in [0.05, 0.1) is 31.6 Å². The molecule has 1 amide bonds. The minimum Gasteiger partial charge on any atom is -0.496 e. The first-order chi connectivity index (χ1) is 12.2. The number of methoxy groups -OCH3 is 1. The van der Waals surface area contributed by atoms with Gasteiger partial charge in [-0.1, -0.05) is 0 Å². The molecule has 0 aliphatic carbocycles. The number of hydrogen-bond donors (Lipinski definition) is 2. The third-order valence-electron chi connectivity index (χ3n) is 3.78. The number of ether oxygens (including phenoxy) is 3. The number of anilines is 1. The molecule has 0 spiro atoms. The molecule has 144 valence electrons. The molecular weight excluding hydrogens is 340 g/mol. The normalized spacial score (nSPS) is 15.4. The lowest BCUT2D eigenvalue weighted by Gasteiger charge is -2.27. The summed E-state index contributed by atoms with van der Waals surface area (Å²) >= 11 is 0. The SMILES string of the molecule is COc1cc(C(=O)O)c(NC(=O)OC(C)(C)C)cc1CN1CCOCC1. The third kappa shape index (κ3) is 5.60. The summed E-state index contributed by atoms with van der Waals surface area (Å²) in [4.78, 5) is 25.8. The predicted molar refractivity (Wildman–Crippen MR) is 95.9 cm³/mol. The zero-order valence-corrected chi connectivity index (χ0v) is 15.6. The maximum Gasteiger partial charge on any atom is 0.412 e. The summed E-state index contributed by atoms with van der Waals surface area (Å²) in [5.41, 5.74) is 0.219. The van der Waals surface area contributed by atoms with Crippen LogP contribution in [0.15, 0.2) is 12.1 Å². The highest BCUT2D eigenvalue weighted by molar-refractivity contribution is 5.99. The van der Waals surface area contributed by atoms with Gasteiger partial charge in [-0.15, -0.1) is 0 Å². The molecule has 8 nitrogen and oxygen atoms in total. The molecule has 1 fully saturated rings. The number of aromatic carboxylic acids is 1. The van der Waals surface area contributed by atoms with Gasteiger partial charge < -0.3 is 19.3 Å². The number of carbonyl (C=O) groups excluding carboxylic acids is 1. The van der Waals surface area contributed by atoms with Gasteiger partial charge in [0.2, 0.25) is 0 Å². The topological polar surface area (TPSA) is 97.3 Å². The van der Waals surface area contributed by atoms with E-state index in [0.717, 1.165) is 18.7 Å². The number of carboxylic acid groups (broad SMARTS) is 1. The molecule has 1 aliphatic heterocycles. The first kappa shape index (κ1) is 20.0. The van der Waals surface area contributed by atoms with E-state index in [0.29, 0.717) is 25.5 Å². The van der Waals surface area contributed by atoms with Crippen LogP contribution in [0.4, 0.5) is 10.5 Å². The molecule has 1 heterocycles. The molecule has 8 heteroatoms. The van der Waals surface area contributed by atoms with Gasteiger partial charge in [-0.25, -0.2) is 9.59 Å². The fourth-order valence-electron chi connectivity index (χ4n) is 2.63. The Bertz CT molecular complexity index is 662. The van der Waals surface area contributed by atoms with E-state index in [1.165, 1.54) is 13.2 Å². The lowest BCUT2D eigenvalue weighted by molar-refractivity contribution is 0.0339. The highest BCUT2D eigenvalue weighted by atomic mass is 16.6. The summed E-state index contributed by atoms with van der Waals surface area (Å²) in [6.07, 6.45) is -0.706. The number of carbonyl (C=O) groups is 2. The fourth-order valence-corrected chi connectivity index (χ4v) is 2.63. The lowest BCUT2D eigenvalue weighted by Crippen LogP contribution is -2.35. The highest BCUT2D eigenvalue weighted by Crippen LogP contribution is 2.29. The maximum atomic E-state index is 12.1. The van der Waals surface area contributed by atoms with Crippen molar-refractivity contribution in [2.24, 2.45) is 0 Å². The van der Waals surface area contributed by atoms with Crippen LogP contribution in [-0.2, 0) is 16.0 Å². The molecule has 1 saturated heterocycles. The summed E-state index contributed by atoms with van der Waals surface area (Å²) in [6, 6.07) is 3.05. The summed E-state index contributed by atoms with van der Waals surface area (Å²) in [6.45, 7) is 8.64. The highest BCUT2D eigenvalue weighted by Gasteiger charge is 2.22. The molecule has 0 unspecified atom stereocenters. The Labute approximate surface area is 153 Å². The lowest BCUT2D eigenvalue weighted by atomic mass is 10.1. The van der Waals surface area contributed by atoms with Crippen molar-refractivity contribution in [1.82, 2.24) is 4.90 Å². The monoisotopic (exact) mass is 366 g/mol. The average Bonchev–Trinajstić information content (AvgIpc) is 2.54. The van der Waals surface area contributed by atoms with E-state index >= 15 is 0 Å². The van der Waals surface area contributed by atoms with Gasteiger partial charge in [-0.05, 0) is 32.9 Å². The molecule has 2 N–H and O–H groups in total. The number of hydrogen-bond acceptors (Lipinski definition) is 6. The number of nitrogens with one attached hydrogen (secondary N) is 1. The Kier molecular flexibility index (Phi) is 6.44. The quantitative estimate of drug-likeness (QED) is 0.826. The second-order valence-corrected chi connectivity index (χ2v) is 7.03. The Morgan fingerprint density at radius 3 is 2.46 bits per heavy atom. The van der Waals surface area contributed by atoms with Crippen LogP contribution in [0.25, 0.3) is 0 Å². The number of morpholine rings is 1. The zero-order valence-electron chi connectivity index (χ0n) is 15.6. The third-order valence-corrected chi connectivity index (χ3v) is 3.78. The van der Waals surface area contributed by atoms with Crippen LogP contribution in [0.3, 0.4) is 0 Å². The van der Waals surface area contributed by atoms with E-state index in [-0.39, 0.29) is 11.3 Å². The number of benzene rings is 1. The van der Waals surface area contributed by atoms with Gasteiger partial charge in [0.25, 0.3) is 0 Å². The zero-order chi connectivity index (χ0) is 19.3. The molecule has 1 aliphatic rings. The molecule has 0 saturated carbocycles. The predicted octanol–water partition coefficient (Wildman–Crippen LogP) is 2.57. The Morgan fingerprint density at radius 1 is 1.27 bits per heavy atom. The summed E-state index contributed by atoms with van der Waals surface area (Å²) < 4.78 is 15.9. The molecule has 2 rings (SSSR count). The second kappa shape index (κ2) is 8.37. The summed E-state index contributed by atoms with van der Waals surface area (Å²) in [7, 11) is 1.49. The van der Waals surface area contributed by atoms with Crippen LogP contribution in [0, 0.1) is 0 Å². The fraction of sp³-hybridized carbons (Fsp3) is 0.556. The van der Waals surface area contributed by atoms with Gasteiger partial charge in [0.1, 0.15) is 11.4 Å². The van der Waals surface area contributed by atoms with Crippen molar-refractivity contribution >= 4 is 17.7 Å². The number of carboxylic acids is 1.